The van der Waals surface area contributed by atoms with Crippen LogP contribution < -0.4 is 4.74 Å². The number of hydrogen-bond donors (Lipinski definition) is 1. The van der Waals surface area contributed by atoms with Crippen molar-refractivity contribution < 1.29 is 14.6 Å². The van der Waals surface area contributed by atoms with Gasteiger partial charge in [-0.3, -0.25) is 4.79 Å². The van der Waals surface area contributed by atoms with Gasteiger partial charge in [0.2, 0.25) is 0 Å². The van der Waals surface area contributed by atoms with E-state index in [2.05, 4.69) is 13.0 Å². The van der Waals surface area contributed by atoms with Gasteiger partial charge in [0.25, 0.3) is 0 Å². The Labute approximate surface area is 109 Å². The minimum Gasteiger partial charge on any atom is -0.496 e. The van der Waals surface area contributed by atoms with E-state index in [1.807, 2.05) is 19.9 Å². The van der Waals surface area contributed by atoms with Gasteiger partial charge in [0.1, 0.15) is 5.75 Å². The van der Waals surface area contributed by atoms with Crippen LogP contribution in [0, 0.1) is 13.8 Å². The normalized spacial score (nSPS) is 12.2. The lowest BCUT2D eigenvalue weighted by Gasteiger charge is -2.19. The Hall–Kier alpha value is -1.51. The van der Waals surface area contributed by atoms with Crippen LogP contribution in [0.2, 0.25) is 0 Å². The van der Waals surface area contributed by atoms with E-state index in [1.165, 1.54) is 11.1 Å². The van der Waals surface area contributed by atoms with E-state index < -0.39 is 5.97 Å². The molecule has 0 aliphatic rings. The van der Waals surface area contributed by atoms with Crippen LogP contribution in [0.4, 0.5) is 0 Å². The summed E-state index contributed by atoms with van der Waals surface area (Å²) in [5.41, 5.74) is 3.36. The smallest absolute Gasteiger partial charge is 0.303 e. The average molecular weight is 250 g/mol. The average Bonchev–Trinajstić information content (AvgIpc) is 2.31. The molecule has 0 bridgehead atoms. The molecule has 1 unspecified atom stereocenters. The molecule has 0 aromatic heterocycles. The molecule has 1 aromatic carbocycles. The molecule has 0 fully saturated rings. The molecule has 0 aliphatic heterocycles. The third-order valence-electron chi connectivity index (χ3n) is 3.34. The predicted molar refractivity (Wildman–Crippen MR) is 72.4 cm³/mol. The van der Waals surface area contributed by atoms with E-state index in [1.54, 1.807) is 7.11 Å². The van der Waals surface area contributed by atoms with Gasteiger partial charge in [0, 0.05) is 0 Å². The maximum Gasteiger partial charge on any atom is 0.303 e. The third-order valence-corrected chi connectivity index (χ3v) is 3.34. The Morgan fingerprint density at radius 2 is 1.94 bits per heavy atom. The van der Waals surface area contributed by atoms with Gasteiger partial charge in [-0.05, 0) is 48.9 Å². The number of hydrogen-bond acceptors (Lipinski definition) is 2. The highest BCUT2D eigenvalue weighted by Crippen LogP contribution is 2.34. The molecule has 0 amide bonds. The molecule has 0 heterocycles. The Morgan fingerprint density at radius 1 is 1.33 bits per heavy atom. The number of rotatable bonds is 6. The molecule has 0 radical (unpaired) electrons. The first kappa shape index (κ1) is 14.6. The predicted octanol–water partition coefficient (Wildman–Crippen LogP) is 3.67. The molecule has 1 N–H and O–H groups in total. The summed E-state index contributed by atoms with van der Waals surface area (Å²) in [5, 5.41) is 9.02. The summed E-state index contributed by atoms with van der Waals surface area (Å²) in [5.74, 6) is 0.0771. The summed E-state index contributed by atoms with van der Waals surface area (Å²) in [6, 6.07) is 4.06. The van der Waals surface area contributed by atoms with Gasteiger partial charge in [-0.1, -0.05) is 19.4 Å². The van der Waals surface area contributed by atoms with Crippen molar-refractivity contribution in [2.75, 3.05) is 7.11 Å². The SMILES string of the molecule is CCCC(CC(=O)O)c1cc(C)c(C)cc1OC. The maximum absolute atomic E-state index is 11.0. The lowest BCUT2D eigenvalue weighted by molar-refractivity contribution is -0.137. The number of carboxylic acid groups (broad SMARTS) is 1. The van der Waals surface area contributed by atoms with Crippen molar-refractivity contribution >= 4 is 5.97 Å². The van der Waals surface area contributed by atoms with Gasteiger partial charge < -0.3 is 9.84 Å². The standard InChI is InChI=1S/C15H22O3/c1-5-6-12(9-15(16)17)13-7-10(2)11(3)8-14(13)18-4/h7-8,12H,5-6,9H2,1-4H3,(H,16,17). The topological polar surface area (TPSA) is 46.5 Å². The van der Waals surface area contributed by atoms with E-state index in [0.29, 0.717) is 0 Å². The number of methoxy groups -OCH3 is 1. The minimum atomic E-state index is -0.756. The Bertz CT molecular complexity index is 424. The summed E-state index contributed by atoms with van der Waals surface area (Å²) >= 11 is 0. The summed E-state index contributed by atoms with van der Waals surface area (Å²) in [6.07, 6.45) is 1.99. The second-order valence-corrected chi connectivity index (χ2v) is 4.76. The molecule has 0 aliphatic carbocycles. The lowest BCUT2D eigenvalue weighted by Crippen LogP contribution is -2.08. The van der Waals surface area contributed by atoms with Crippen LogP contribution in [0.1, 0.15) is 48.8 Å². The molecule has 100 valence electrons. The van der Waals surface area contributed by atoms with E-state index in [9.17, 15) is 4.79 Å². The van der Waals surface area contributed by atoms with E-state index in [4.69, 9.17) is 9.84 Å². The van der Waals surface area contributed by atoms with Crippen LogP contribution in [0.15, 0.2) is 12.1 Å². The van der Waals surface area contributed by atoms with Crippen molar-refractivity contribution in [1.29, 1.82) is 0 Å². The molecule has 1 aromatic rings. The van der Waals surface area contributed by atoms with Crippen molar-refractivity contribution in [3.63, 3.8) is 0 Å². The molecule has 0 saturated heterocycles. The fourth-order valence-corrected chi connectivity index (χ4v) is 2.23. The van der Waals surface area contributed by atoms with Crippen molar-refractivity contribution in [3.8, 4) is 5.75 Å². The lowest BCUT2D eigenvalue weighted by atomic mass is 9.88. The number of carboxylic acids is 1. The molecule has 1 atom stereocenters. The van der Waals surface area contributed by atoms with Crippen LogP contribution in [0.3, 0.4) is 0 Å². The second kappa shape index (κ2) is 6.43. The fraction of sp³-hybridized carbons (Fsp3) is 0.533. The highest BCUT2D eigenvalue weighted by atomic mass is 16.5. The van der Waals surface area contributed by atoms with Gasteiger partial charge in [-0.15, -0.1) is 0 Å². The Morgan fingerprint density at radius 3 is 2.44 bits per heavy atom. The van der Waals surface area contributed by atoms with Gasteiger partial charge in [0.15, 0.2) is 0 Å². The number of ether oxygens (including phenoxy) is 1. The number of benzene rings is 1. The molecule has 0 spiro atoms. The van der Waals surface area contributed by atoms with Crippen molar-refractivity contribution in [2.24, 2.45) is 0 Å². The summed E-state index contributed by atoms with van der Waals surface area (Å²) in [4.78, 5) is 11.0. The maximum atomic E-state index is 11.0. The first-order valence-corrected chi connectivity index (χ1v) is 6.36. The second-order valence-electron chi connectivity index (χ2n) is 4.76. The largest absolute Gasteiger partial charge is 0.496 e. The quantitative estimate of drug-likeness (QED) is 0.838. The zero-order chi connectivity index (χ0) is 13.7. The van der Waals surface area contributed by atoms with E-state index in [0.717, 1.165) is 24.2 Å². The summed E-state index contributed by atoms with van der Waals surface area (Å²) in [6.45, 7) is 6.15. The van der Waals surface area contributed by atoms with E-state index >= 15 is 0 Å². The Balaban J connectivity index is 3.16. The monoisotopic (exact) mass is 250 g/mol. The van der Waals surface area contributed by atoms with Gasteiger partial charge in [-0.25, -0.2) is 0 Å². The van der Waals surface area contributed by atoms with Crippen molar-refractivity contribution in [1.82, 2.24) is 0 Å². The molecule has 3 nitrogen and oxygen atoms in total. The zero-order valence-electron chi connectivity index (χ0n) is 11.6. The highest BCUT2D eigenvalue weighted by Gasteiger charge is 2.19. The molecule has 1 rings (SSSR count). The minimum absolute atomic E-state index is 0.0294. The molecule has 3 heteroatoms. The molecular formula is C15H22O3. The van der Waals surface area contributed by atoms with Crippen LogP contribution in [-0.2, 0) is 4.79 Å². The highest BCUT2D eigenvalue weighted by molar-refractivity contribution is 5.68. The van der Waals surface area contributed by atoms with Crippen LogP contribution >= 0.6 is 0 Å². The van der Waals surface area contributed by atoms with Crippen molar-refractivity contribution in [3.05, 3.63) is 28.8 Å². The van der Waals surface area contributed by atoms with Gasteiger partial charge in [-0.2, -0.15) is 0 Å². The number of aryl methyl sites for hydroxylation is 2. The molecule has 18 heavy (non-hydrogen) atoms. The van der Waals surface area contributed by atoms with Crippen LogP contribution in [0.25, 0.3) is 0 Å². The Kier molecular flexibility index (Phi) is 5.20. The molecular weight excluding hydrogens is 228 g/mol. The summed E-state index contributed by atoms with van der Waals surface area (Å²) < 4.78 is 5.40. The summed E-state index contributed by atoms with van der Waals surface area (Å²) in [7, 11) is 1.64. The van der Waals surface area contributed by atoms with Crippen LogP contribution in [0.5, 0.6) is 5.75 Å². The zero-order valence-corrected chi connectivity index (χ0v) is 11.6. The third kappa shape index (κ3) is 3.49. The van der Waals surface area contributed by atoms with E-state index in [-0.39, 0.29) is 12.3 Å². The van der Waals surface area contributed by atoms with Crippen LogP contribution in [-0.4, -0.2) is 18.2 Å². The molecule has 0 saturated carbocycles. The first-order valence-electron chi connectivity index (χ1n) is 6.36. The van der Waals surface area contributed by atoms with Gasteiger partial charge >= 0.3 is 5.97 Å². The first-order chi connectivity index (χ1) is 8.49. The fourth-order valence-electron chi connectivity index (χ4n) is 2.23. The van der Waals surface area contributed by atoms with Crippen molar-refractivity contribution in [2.45, 2.75) is 46.0 Å². The number of carbonyl (C=O) groups is 1. The van der Waals surface area contributed by atoms with Gasteiger partial charge in [0.05, 0.1) is 13.5 Å². The number of aliphatic carboxylic acids is 1.